The van der Waals surface area contributed by atoms with Crippen molar-refractivity contribution in [3.05, 3.63) is 51.7 Å². The average Bonchev–Trinajstić information content (AvgIpc) is 3.30. The van der Waals surface area contributed by atoms with Crippen LogP contribution < -0.4 is 4.74 Å². The number of carbonyl (C=O) groups excluding carboxylic acids is 1. The quantitative estimate of drug-likeness (QED) is 0.487. The number of ether oxygens (including phenoxy) is 1. The Hall–Kier alpha value is -1.86. The van der Waals surface area contributed by atoms with Crippen LogP contribution >= 0.6 is 11.3 Å². The number of unbranched alkanes of at least 4 members (excludes halogenated alkanes) is 3. The first-order valence-electron chi connectivity index (χ1n) is 10.7. The van der Waals surface area contributed by atoms with Crippen molar-refractivity contribution >= 4 is 27.1 Å². The van der Waals surface area contributed by atoms with Crippen LogP contribution in [-0.4, -0.2) is 43.4 Å². The molecule has 1 aromatic heterocycles. The van der Waals surface area contributed by atoms with Crippen LogP contribution in [0, 0.1) is 6.92 Å². The summed E-state index contributed by atoms with van der Waals surface area (Å²) < 4.78 is 29.8. The van der Waals surface area contributed by atoms with Crippen molar-refractivity contribution in [3.63, 3.8) is 0 Å². The molecule has 0 N–H and O–H groups in total. The zero-order valence-electron chi connectivity index (χ0n) is 17.8. The summed E-state index contributed by atoms with van der Waals surface area (Å²) in [5.74, 6) is 0.823. The second-order valence-corrected chi connectivity index (χ2v) is 11.2. The van der Waals surface area contributed by atoms with E-state index in [1.807, 2.05) is 30.5 Å². The molecule has 7 heteroatoms. The number of nitrogens with zero attached hydrogens (tertiary/aromatic N) is 1. The van der Waals surface area contributed by atoms with Crippen molar-refractivity contribution in [1.29, 1.82) is 0 Å². The minimum absolute atomic E-state index is 0.0438. The smallest absolute Gasteiger partial charge is 0.254 e. The van der Waals surface area contributed by atoms with E-state index in [1.165, 1.54) is 12.8 Å². The molecule has 1 fully saturated rings. The summed E-state index contributed by atoms with van der Waals surface area (Å²) in [5.41, 5.74) is 1.69. The van der Waals surface area contributed by atoms with Gasteiger partial charge in [0.15, 0.2) is 9.84 Å². The third-order valence-electron chi connectivity index (χ3n) is 5.56. The molecule has 5 nitrogen and oxygen atoms in total. The van der Waals surface area contributed by atoms with E-state index in [0.29, 0.717) is 25.1 Å². The first-order valence-corrected chi connectivity index (χ1v) is 13.4. The maximum Gasteiger partial charge on any atom is 0.254 e. The van der Waals surface area contributed by atoms with Crippen molar-refractivity contribution in [2.24, 2.45) is 0 Å². The van der Waals surface area contributed by atoms with Crippen LogP contribution in [-0.2, 0) is 16.4 Å². The molecule has 1 aromatic carbocycles. The molecular formula is C23H31NO4S2. The molecule has 0 aliphatic carbocycles. The molecule has 2 aromatic rings. The van der Waals surface area contributed by atoms with Crippen LogP contribution in [0.4, 0.5) is 0 Å². The van der Waals surface area contributed by atoms with Gasteiger partial charge in [-0.05, 0) is 61.0 Å². The molecule has 0 bridgehead atoms. The highest BCUT2D eigenvalue weighted by atomic mass is 32.2. The summed E-state index contributed by atoms with van der Waals surface area (Å²) in [6, 6.07) is 8.96. The molecule has 164 valence electrons. The molecule has 0 unspecified atom stereocenters. The summed E-state index contributed by atoms with van der Waals surface area (Å²) in [5, 5.41) is 2.01. The second-order valence-electron chi connectivity index (χ2n) is 7.95. The zero-order valence-corrected chi connectivity index (χ0v) is 19.4. The minimum atomic E-state index is -3.08. The lowest BCUT2D eigenvalue weighted by atomic mass is 10.1. The molecule has 1 amide bonds. The largest absolute Gasteiger partial charge is 0.494 e. The van der Waals surface area contributed by atoms with Gasteiger partial charge in [-0.1, -0.05) is 26.2 Å². The Labute approximate surface area is 184 Å². The molecular weight excluding hydrogens is 418 g/mol. The average molecular weight is 450 g/mol. The van der Waals surface area contributed by atoms with Gasteiger partial charge in [0.2, 0.25) is 0 Å². The van der Waals surface area contributed by atoms with Gasteiger partial charge >= 0.3 is 0 Å². The summed E-state index contributed by atoms with van der Waals surface area (Å²) in [7, 11) is -3.08. The van der Waals surface area contributed by atoms with Crippen molar-refractivity contribution in [3.8, 4) is 5.75 Å². The summed E-state index contributed by atoms with van der Waals surface area (Å²) in [6.07, 6.45) is 5.10. The topological polar surface area (TPSA) is 63.7 Å². The van der Waals surface area contributed by atoms with E-state index in [4.69, 9.17) is 4.74 Å². The lowest BCUT2D eigenvalue weighted by Crippen LogP contribution is -2.40. The lowest BCUT2D eigenvalue weighted by Gasteiger charge is -2.28. The monoisotopic (exact) mass is 449 g/mol. The van der Waals surface area contributed by atoms with Crippen molar-refractivity contribution in [1.82, 2.24) is 4.90 Å². The van der Waals surface area contributed by atoms with Crippen LogP contribution in [0.25, 0.3) is 0 Å². The van der Waals surface area contributed by atoms with Gasteiger partial charge < -0.3 is 9.64 Å². The molecule has 3 rings (SSSR count). The van der Waals surface area contributed by atoms with Gasteiger partial charge in [0.05, 0.1) is 24.7 Å². The molecule has 30 heavy (non-hydrogen) atoms. The standard InChI is InChI=1S/C23H31NO4S2/c1-3-4-5-6-13-28-21-9-7-19(8-10-21)23(25)24(16-22-18(2)11-14-29-22)20-12-15-30(26,27)17-20/h7-11,14,20H,3-6,12-13,15-17H2,1-2H3/t20-/m1/s1. The van der Waals surface area contributed by atoms with Gasteiger partial charge in [-0.3, -0.25) is 4.79 Å². The Bertz CT molecular complexity index is 934. The van der Waals surface area contributed by atoms with Gasteiger partial charge in [-0.15, -0.1) is 11.3 Å². The number of sulfone groups is 1. The third-order valence-corrected chi connectivity index (χ3v) is 8.32. The molecule has 1 saturated heterocycles. The highest BCUT2D eigenvalue weighted by Crippen LogP contribution is 2.26. The Morgan fingerprint density at radius 1 is 1.17 bits per heavy atom. The molecule has 0 spiro atoms. The molecule has 2 heterocycles. The van der Waals surface area contributed by atoms with Gasteiger partial charge in [0, 0.05) is 16.5 Å². The van der Waals surface area contributed by atoms with Gasteiger partial charge in [-0.25, -0.2) is 8.42 Å². The van der Waals surface area contributed by atoms with Crippen LogP contribution in [0.1, 0.15) is 59.8 Å². The van der Waals surface area contributed by atoms with E-state index in [9.17, 15) is 13.2 Å². The van der Waals surface area contributed by atoms with Crippen LogP contribution in [0.5, 0.6) is 5.75 Å². The zero-order chi connectivity index (χ0) is 21.6. The van der Waals surface area contributed by atoms with Crippen LogP contribution in [0.15, 0.2) is 35.7 Å². The van der Waals surface area contributed by atoms with E-state index in [1.54, 1.807) is 28.4 Å². The minimum Gasteiger partial charge on any atom is -0.494 e. The Morgan fingerprint density at radius 2 is 1.93 bits per heavy atom. The lowest BCUT2D eigenvalue weighted by molar-refractivity contribution is 0.0683. The fraction of sp³-hybridized carbons (Fsp3) is 0.522. The molecule has 1 aliphatic heterocycles. The number of benzene rings is 1. The fourth-order valence-electron chi connectivity index (χ4n) is 3.69. The van der Waals surface area contributed by atoms with Crippen molar-refractivity contribution in [2.45, 2.75) is 58.5 Å². The van der Waals surface area contributed by atoms with Gasteiger partial charge in [0.25, 0.3) is 5.91 Å². The normalized spacial score (nSPS) is 17.7. The SMILES string of the molecule is CCCCCCOc1ccc(C(=O)N(Cc2sccc2C)[C@@H]2CCS(=O)(=O)C2)cc1. The predicted molar refractivity (Wildman–Crippen MR) is 122 cm³/mol. The fourth-order valence-corrected chi connectivity index (χ4v) is 6.32. The Morgan fingerprint density at radius 3 is 2.53 bits per heavy atom. The summed E-state index contributed by atoms with van der Waals surface area (Å²) >= 11 is 1.60. The van der Waals surface area contributed by atoms with Crippen molar-refractivity contribution < 1.29 is 17.9 Å². The van der Waals surface area contributed by atoms with E-state index in [2.05, 4.69) is 6.92 Å². The summed E-state index contributed by atoms with van der Waals surface area (Å²) in [4.78, 5) is 16.2. The van der Waals surface area contributed by atoms with Gasteiger partial charge in [-0.2, -0.15) is 0 Å². The maximum atomic E-state index is 13.3. The van der Waals surface area contributed by atoms with E-state index >= 15 is 0 Å². The molecule has 1 aliphatic rings. The molecule has 0 radical (unpaired) electrons. The van der Waals surface area contributed by atoms with Crippen molar-refractivity contribution in [2.75, 3.05) is 18.1 Å². The second kappa shape index (κ2) is 10.4. The van der Waals surface area contributed by atoms with E-state index < -0.39 is 9.84 Å². The van der Waals surface area contributed by atoms with Crippen LogP contribution in [0.3, 0.4) is 0 Å². The number of rotatable bonds is 10. The number of carbonyl (C=O) groups is 1. The molecule has 1 atom stereocenters. The highest BCUT2D eigenvalue weighted by Gasteiger charge is 2.35. The van der Waals surface area contributed by atoms with E-state index in [0.717, 1.165) is 29.0 Å². The summed E-state index contributed by atoms with van der Waals surface area (Å²) in [6.45, 7) is 5.32. The number of amides is 1. The number of aryl methyl sites for hydroxylation is 1. The Kier molecular flexibility index (Phi) is 7.94. The first-order chi connectivity index (χ1) is 14.4. The number of thiophene rings is 1. The Balaban J connectivity index is 1.70. The first kappa shape index (κ1) is 22.8. The number of hydrogen-bond donors (Lipinski definition) is 0. The van der Waals surface area contributed by atoms with Crippen LogP contribution in [0.2, 0.25) is 0 Å². The predicted octanol–water partition coefficient (Wildman–Crippen LogP) is 4.85. The van der Waals surface area contributed by atoms with Gasteiger partial charge in [0.1, 0.15) is 5.75 Å². The van der Waals surface area contributed by atoms with E-state index in [-0.39, 0.29) is 23.5 Å². The third kappa shape index (κ3) is 6.08. The molecule has 0 saturated carbocycles. The highest BCUT2D eigenvalue weighted by molar-refractivity contribution is 7.91. The number of hydrogen-bond acceptors (Lipinski definition) is 5. The maximum absolute atomic E-state index is 13.3.